The van der Waals surface area contributed by atoms with Crippen molar-refractivity contribution in [1.82, 2.24) is 9.62 Å². The first kappa shape index (κ1) is 14.0. The second kappa shape index (κ2) is 6.18. The Bertz CT molecular complexity index is 532. The molecule has 1 aliphatic rings. The van der Waals surface area contributed by atoms with Gasteiger partial charge in [0.25, 0.3) is 0 Å². The van der Waals surface area contributed by atoms with E-state index in [1.54, 1.807) is 25.3 Å². The largest absolute Gasteiger partial charge is 0.497 e. The summed E-state index contributed by atoms with van der Waals surface area (Å²) in [6.07, 6.45) is 1.61. The molecule has 1 aromatic carbocycles. The Morgan fingerprint density at radius 1 is 1.21 bits per heavy atom. The number of hydrogen-bond donors (Lipinski definition) is 1. The third-order valence-electron chi connectivity index (χ3n) is 2.98. The van der Waals surface area contributed by atoms with Gasteiger partial charge >= 0.3 is 0 Å². The van der Waals surface area contributed by atoms with Crippen LogP contribution in [0.1, 0.15) is 5.56 Å². The minimum Gasteiger partial charge on any atom is -0.497 e. The van der Waals surface area contributed by atoms with Gasteiger partial charge < -0.3 is 10.1 Å². The van der Waals surface area contributed by atoms with Crippen LogP contribution in [0.25, 0.3) is 6.08 Å². The van der Waals surface area contributed by atoms with Gasteiger partial charge in [0.2, 0.25) is 10.0 Å². The molecule has 5 nitrogen and oxygen atoms in total. The van der Waals surface area contributed by atoms with Gasteiger partial charge in [0.05, 0.1) is 7.11 Å². The number of piperazine rings is 1. The minimum atomic E-state index is -3.32. The maximum absolute atomic E-state index is 12.1. The number of hydrogen-bond acceptors (Lipinski definition) is 4. The molecule has 1 fully saturated rings. The van der Waals surface area contributed by atoms with Crippen molar-refractivity contribution in [2.24, 2.45) is 0 Å². The summed E-state index contributed by atoms with van der Waals surface area (Å²) in [5.74, 6) is 0.752. The first-order valence-corrected chi connectivity index (χ1v) is 7.65. The number of sulfonamides is 1. The minimum absolute atomic E-state index is 0.523. The second-order valence-electron chi connectivity index (χ2n) is 4.27. The molecule has 1 aromatic rings. The smallest absolute Gasteiger partial charge is 0.236 e. The molecule has 2 rings (SSSR count). The Kier molecular flexibility index (Phi) is 4.57. The van der Waals surface area contributed by atoms with E-state index in [0.717, 1.165) is 11.3 Å². The SMILES string of the molecule is COc1ccc(/C=C/S(=O)(=O)N2CCNCC2)cc1. The van der Waals surface area contributed by atoms with Gasteiger partial charge in [-0.3, -0.25) is 0 Å². The van der Waals surface area contributed by atoms with Crippen LogP contribution in [-0.4, -0.2) is 46.0 Å². The molecule has 104 valence electrons. The molecule has 1 N–H and O–H groups in total. The highest BCUT2D eigenvalue weighted by Crippen LogP contribution is 2.14. The summed E-state index contributed by atoms with van der Waals surface area (Å²) in [4.78, 5) is 0. The zero-order valence-corrected chi connectivity index (χ0v) is 11.7. The van der Waals surface area contributed by atoms with Crippen molar-refractivity contribution in [3.63, 3.8) is 0 Å². The van der Waals surface area contributed by atoms with E-state index >= 15 is 0 Å². The van der Waals surface area contributed by atoms with Gasteiger partial charge in [0.15, 0.2) is 0 Å². The lowest BCUT2D eigenvalue weighted by Crippen LogP contribution is -2.45. The van der Waals surface area contributed by atoms with Gasteiger partial charge in [0, 0.05) is 31.6 Å². The monoisotopic (exact) mass is 282 g/mol. The van der Waals surface area contributed by atoms with E-state index in [4.69, 9.17) is 4.74 Å². The number of rotatable bonds is 4. The lowest BCUT2D eigenvalue weighted by atomic mass is 10.2. The third-order valence-corrected chi connectivity index (χ3v) is 4.55. The molecule has 0 bridgehead atoms. The van der Waals surface area contributed by atoms with E-state index in [1.165, 1.54) is 9.71 Å². The van der Waals surface area contributed by atoms with Gasteiger partial charge in [-0.25, -0.2) is 8.42 Å². The van der Waals surface area contributed by atoms with E-state index < -0.39 is 10.0 Å². The van der Waals surface area contributed by atoms with Crippen LogP contribution in [0.3, 0.4) is 0 Å². The van der Waals surface area contributed by atoms with Crippen molar-refractivity contribution in [3.8, 4) is 5.75 Å². The van der Waals surface area contributed by atoms with Crippen molar-refractivity contribution in [3.05, 3.63) is 35.2 Å². The molecule has 0 radical (unpaired) electrons. The molecule has 0 unspecified atom stereocenters. The summed E-state index contributed by atoms with van der Waals surface area (Å²) in [5.41, 5.74) is 0.833. The standard InChI is InChI=1S/C13H18N2O3S/c1-18-13-4-2-12(3-5-13)6-11-19(16,17)15-9-7-14-8-10-15/h2-6,11,14H,7-10H2,1H3/b11-6+. The molecule has 0 saturated carbocycles. The average Bonchev–Trinajstić information content (AvgIpc) is 2.47. The summed E-state index contributed by atoms with van der Waals surface area (Å²) in [6, 6.07) is 7.25. The molecular weight excluding hydrogens is 264 g/mol. The lowest BCUT2D eigenvalue weighted by Gasteiger charge is -2.25. The maximum atomic E-state index is 12.1. The number of ether oxygens (including phenoxy) is 1. The molecule has 19 heavy (non-hydrogen) atoms. The summed E-state index contributed by atoms with van der Waals surface area (Å²) < 4.78 is 30.7. The fourth-order valence-electron chi connectivity index (χ4n) is 1.86. The molecule has 1 heterocycles. The van der Waals surface area contributed by atoms with Crippen LogP contribution in [0.15, 0.2) is 29.7 Å². The van der Waals surface area contributed by atoms with E-state index in [9.17, 15) is 8.42 Å². The van der Waals surface area contributed by atoms with Crippen molar-refractivity contribution < 1.29 is 13.2 Å². The molecule has 1 saturated heterocycles. The molecule has 1 aliphatic heterocycles. The molecule has 0 atom stereocenters. The normalized spacial score (nSPS) is 17.7. The highest BCUT2D eigenvalue weighted by molar-refractivity contribution is 7.92. The summed E-state index contributed by atoms with van der Waals surface area (Å²) in [5, 5.41) is 4.39. The van der Waals surface area contributed by atoms with Gasteiger partial charge in [-0.1, -0.05) is 12.1 Å². The average molecular weight is 282 g/mol. The predicted molar refractivity (Wildman–Crippen MR) is 75.4 cm³/mol. The number of nitrogens with zero attached hydrogens (tertiary/aromatic N) is 1. The van der Waals surface area contributed by atoms with Crippen LogP contribution < -0.4 is 10.1 Å². The Morgan fingerprint density at radius 2 is 1.84 bits per heavy atom. The van der Waals surface area contributed by atoms with Crippen LogP contribution >= 0.6 is 0 Å². The Labute approximate surface area is 113 Å². The summed E-state index contributed by atoms with van der Waals surface area (Å²) in [6.45, 7) is 2.45. The summed E-state index contributed by atoms with van der Waals surface area (Å²) >= 11 is 0. The van der Waals surface area contributed by atoms with Crippen molar-refractivity contribution in [2.45, 2.75) is 0 Å². The van der Waals surface area contributed by atoms with Crippen molar-refractivity contribution in [2.75, 3.05) is 33.3 Å². The van der Waals surface area contributed by atoms with Gasteiger partial charge in [-0.05, 0) is 23.8 Å². The third kappa shape index (κ3) is 3.79. The molecule has 0 aliphatic carbocycles. The van der Waals surface area contributed by atoms with E-state index in [1.807, 2.05) is 12.1 Å². The zero-order chi connectivity index (χ0) is 13.7. The molecule has 0 aromatic heterocycles. The number of methoxy groups -OCH3 is 1. The Hall–Kier alpha value is -1.37. The van der Waals surface area contributed by atoms with Gasteiger partial charge in [-0.2, -0.15) is 4.31 Å². The second-order valence-corrected chi connectivity index (χ2v) is 6.09. The fourth-order valence-corrected chi connectivity index (χ4v) is 3.06. The van der Waals surface area contributed by atoms with Crippen molar-refractivity contribution in [1.29, 1.82) is 0 Å². The molecule has 0 amide bonds. The topological polar surface area (TPSA) is 58.6 Å². The maximum Gasteiger partial charge on any atom is 0.236 e. The van der Waals surface area contributed by atoms with Gasteiger partial charge in [-0.15, -0.1) is 0 Å². The van der Waals surface area contributed by atoms with E-state index in [-0.39, 0.29) is 0 Å². The van der Waals surface area contributed by atoms with Gasteiger partial charge in [0.1, 0.15) is 5.75 Å². The fraction of sp³-hybridized carbons (Fsp3) is 0.385. The van der Waals surface area contributed by atoms with Crippen LogP contribution in [0.5, 0.6) is 5.75 Å². The Morgan fingerprint density at radius 3 is 2.42 bits per heavy atom. The Balaban J connectivity index is 2.07. The number of nitrogens with one attached hydrogen (secondary N) is 1. The summed E-state index contributed by atoms with van der Waals surface area (Å²) in [7, 11) is -1.72. The predicted octanol–water partition coefficient (Wildman–Crippen LogP) is 0.901. The highest BCUT2D eigenvalue weighted by atomic mass is 32.2. The van der Waals surface area contributed by atoms with Crippen LogP contribution in [0.2, 0.25) is 0 Å². The quantitative estimate of drug-likeness (QED) is 0.891. The molecule has 6 heteroatoms. The van der Waals surface area contributed by atoms with Crippen molar-refractivity contribution >= 4 is 16.1 Å². The van der Waals surface area contributed by atoms with Crippen LogP contribution in [0.4, 0.5) is 0 Å². The highest BCUT2D eigenvalue weighted by Gasteiger charge is 2.20. The number of benzene rings is 1. The zero-order valence-electron chi connectivity index (χ0n) is 10.9. The van der Waals surface area contributed by atoms with Crippen LogP contribution in [0, 0.1) is 0 Å². The van der Waals surface area contributed by atoms with E-state index in [2.05, 4.69) is 5.32 Å². The molecule has 0 spiro atoms. The first-order valence-electron chi connectivity index (χ1n) is 6.15. The van der Waals surface area contributed by atoms with E-state index in [0.29, 0.717) is 26.2 Å². The molecular formula is C13H18N2O3S. The van der Waals surface area contributed by atoms with Crippen LogP contribution in [-0.2, 0) is 10.0 Å². The first-order chi connectivity index (χ1) is 9.12. The lowest BCUT2D eigenvalue weighted by molar-refractivity contribution is 0.364.